The van der Waals surface area contributed by atoms with Crippen molar-refractivity contribution in [3.8, 4) is 5.75 Å². The summed E-state index contributed by atoms with van der Waals surface area (Å²) in [5.41, 5.74) is -1.41. The minimum absolute atomic E-state index is 0.0505. The van der Waals surface area contributed by atoms with Crippen LogP contribution in [0.1, 0.15) is 15.9 Å². The summed E-state index contributed by atoms with van der Waals surface area (Å²) >= 11 is 5.76. The highest BCUT2D eigenvalue weighted by atomic mass is 79.9. The fraction of sp³-hybridized carbons (Fsp3) is 0.300. The van der Waals surface area contributed by atoms with Crippen LogP contribution in [0, 0.1) is 0 Å². The minimum Gasteiger partial charge on any atom is -0.497 e. The Kier molecular flexibility index (Phi) is 4.60. The molecule has 0 fully saturated rings. The standard InChI is InChI=1S/C10H7Br2F3O2/c1-17-5-2-3-6(8(16)9(11)12)7(4-5)10(13,14)15/h2-4,9H,1H3. The zero-order valence-corrected chi connectivity index (χ0v) is 11.7. The molecule has 0 aliphatic rings. The smallest absolute Gasteiger partial charge is 0.417 e. The van der Waals surface area contributed by atoms with Crippen LogP contribution in [0.15, 0.2) is 18.2 Å². The highest BCUT2D eigenvalue weighted by molar-refractivity contribution is 9.25. The van der Waals surface area contributed by atoms with Crippen LogP contribution >= 0.6 is 31.9 Å². The summed E-state index contributed by atoms with van der Waals surface area (Å²) in [5.74, 6) is -0.644. The molecule has 0 aliphatic heterocycles. The molecule has 94 valence electrons. The Hall–Kier alpha value is -0.560. The zero-order chi connectivity index (χ0) is 13.2. The summed E-state index contributed by atoms with van der Waals surface area (Å²) in [6.45, 7) is 0. The monoisotopic (exact) mass is 374 g/mol. The number of halogens is 5. The van der Waals surface area contributed by atoms with Crippen molar-refractivity contribution in [2.75, 3.05) is 7.11 Å². The van der Waals surface area contributed by atoms with Crippen molar-refractivity contribution in [3.05, 3.63) is 29.3 Å². The van der Waals surface area contributed by atoms with Gasteiger partial charge in [-0.05, 0) is 18.2 Å². The largest absolute Gasteiger partial charge is 0.497 e. The topological polar surface area (TPSA) is 26.3 Å². The number of rotatable bonds is 3. The number of hydrogen-bond acceptors (Lipinski definition) is 2. The Morgan fingerprint density at radius 1 is 1.35 bits per heavy atom. The summed E-state index contributed by atoms with van der Waals surface area (Å²) < 4.78 is 42.1. The first-order chi connectivity index (χ1) is 7.77. The Balaban J connectivity index is 3.35. The summed E-state index contributed by atoms with van der Waals surface area (Å²) in [5, 5.41) is 0. The summed E-state index contributed by atoms with van der Waals surface area (Å²) in [4.78, 5) is 11.6. The van der Waals surface area contributed by atoms with E-state index in [-0.39, 0.29) is 5.75 Å². The van der Waals surface area contributed by atoms with Crippen molar-refractivity contribution in [1.82, 2.24) is 0 Å². The molecule has 2 nitrogen and oxygen atoms in total. The van der Waals surface area contributed by atoms with Gasteiger partial charge >= 0.3 is 6.18 Å². The van der Waals surface area contributed by atoms with Gasteiger partial charge in [0.1, 0.15) is 9.49 Å². The number of Topliss-reactive ketones (excluding diaryl/α,β-unsaturated/α-hetero) is 1. The predicted octanol–water partition coefficient (Wildman–Crippen LogP) is 4.01. The fourth-order valence-corrected chi connectivity index (χ4v) is 1.71. The molecule has 17 heavy (non-hydrogen) atoms. The van der Waals surface area contributed by atoms with E-state index in [0.29, 0.717) is 0 Å². The Morgan fingerprint density at radius 2 is 1.94 bits per heavy atom. The molecule has 1 aromatic rings. The van der Waals surface area contributed by atoms with Gasteiger partial charge in [-0.1, -0.05) is 31.9 Å². The number of alkyl halides is 5. The molecule has 0 bridgehead atoms. The van der Waals surface area contributed by atoms with Crippen LogP contribution < -0.4 is 4.74 Å². The number of benzene rings is 1. The highest BCUT2D eigenvalue weighted by Gasteiger charge is 2.36. The van der Waals surface area contributed by atoms with E-state index < -0.39 is 26.8 Å². The lowest BCUT2D eigenvalue weighted by atomic mass is 10.0. The molecule has 0 atom stereocenters. The second-order valence-electron chi connectivity index (χ2n) is 3.07. The van der Waals surface area contributed by atoms with Crippen LogP contribution in [0.3, 0.4) is 0 Å². The molecule has 1 aromatic carbocycles. The molecular formula is C10H7Br2F3O2. The van der Waals surface area contributed by atoms with Crippen LogP contribution in [0.5, 0.6) is 5.75 Å². The van der Waals surface area contributed by atoms with E-state index in [4.69, 9.17) is 4.74 Å². The third kappa shape index (κ3) is 3.45. The second-order valence-corrected chi connectivity index (χ2v) is 6.13. The van der Waals surface area contributed by atoms with Crippen LogP contribution in [0.25, 0.3) is 0 Å². The third-order valence-corrected chi connectivity index (χ3v) is 2.83. The van der Waals surface area contributed by atoms with Crippen LogP contribution in [0.4, 0.5) is 13.2 Å². The average molecular weight is 376 g/mol. The van der Waals surface area contributed by atoms with Crippen molar-refractivity contribution in [3.63, 3.8) is 0 Å². The fourth-order valence-electron chi connectivity index (χ4n) is 1.22. The van der Waals surface area contributed by atoms with Crippen molar-refractivity contribution in [2.24, 2.45) is 0 Å². The molecule has 0 unspecified atom stereocenters. The van der Waals surface area contributed by atoms with Gasteiger partial charge in [0.05, 0.1) is 12.7 Å². The lowest BCUT2D eigenvalue weighted by Crippen LogP contribution is -2.16. The maximum absolute atomic E-state index is 12.8. The molecule has 0 N–H and O–H groups in total. The molecule has 0 aromatic heterocycles. The van der Waals surface area contributed by atoms with E-state index in [1.54, 1.807) is 0 Å². The molecule has 0 saturated carbocycles. The SMILES string of the molecule is COc1ccc(C(=O)C(Br)Br)c(C(F)(F)F)c1. The molecule has 0 radical (unpaired) electrons. The van der Waals surface area contributed by atoms with Gasteiger partial charge in [-0.15, -0.1) is 0 Å². The molecule has 0 amide bonds. The number of methoxy groups -OCH3 is 1. The minimum atomic E-state index is -4.60. The van der Waals surface area contributed by atoms with Crippen LogP contribution in [-0.4, -0.2) is 16.6 Å². The summed E-state index contributed by atoms with van der Waals surface area (Å²) in [7, 11) is 1.26. The van der Waals surface area contributed by atoms with Gasteiger partial charge in [0.2, 0.25) is 0 Å². The highest BCUT2D eigenvalue weighted by Crippen LogP contribution is 2.35. The van der Waals surface area contributed by atoms with Gasteiger partial charge in [-0.25, -0.2) is 0 Å². The lowest BCUT2D eigenvalue weighted by Gasteiger charge is -2.13. The quantitative estimate of drug-likeness (QED) is 0.589. The van der Waals surface area contributed by atoms with Gasteiger partial charge in [0.25, 0.3) is 0 Å². The molecule has 0 spiro atoms. The van der Waals surface area contributed by atoms with Crippen LogP contribution in [0.2, 0.25) is 0 Å². The number of carbonyl (C=O) groups is 1. The second kappa shape index (κ2) is 5.39. The summed E-state index contributed by atoms with van der Waals surface area (Å²) in [6, 6.07) is 3.21. The van der Waals surface area contributed by atoms with E-state index in [1.165, 1.54) is 13.2 Å². The van der Waals surface area contributed by atoms with E-state index >= 15 is 0 Å². The van der Waals surface area contributed by atoms with Crippen molar-refractivity contribution in [1.29, 1.82) is 0 Å². The zero-order valence-electron chi connectivity index (χ0n) is 8.52. The Labute approximate surface area is 112 Å². The molecule has 7 heteroatoms. The molecule has 0 saturated heterocycles. The van der Waals surface area contributed by atoms with E-state index in [9.17, 15) is 18.0 Å². The van der Waals surface area contributed by atoms with E-state index in [2.05, 4.69) is 31.9 Å². The molecule has 1 rings (SSSR count). The first kappa shape index (κ1) is 14.5. The normalized spacial score (nSPS) is 11.7. The molecule has 0 aliphatic carbocycles. The van der Waals surface area contributed by atoms with Crippen molar-refractivity contribution >= 4 is 37.6 Å². The van der Waals surface area contributed by atoms with Gasteiger partial charge in [0, 0.05) is 5.56 Å². The third-order valence-electron chi connectivity index (χ3n) is 2.00. The molecule has 0 heterocycles. The van der Waals surface area contributed by atoms with E-state index in [0.717, 1.165) is 12.1 Å². The van der Waals surface area contributed by atoms with Gasteiger partial charge in [-0.3, -0.25) is 4.79 Å². The van der Waals surface area contributed by atoms with E-state index in [1.807, 2.05) is 0 Å². The first-order valence-electron chi connectivity index (χ1n) is 4.35. The molecular weight excluding hydrogens is 369 g/mol. The average Bonchev–Trinajstić information content (AvgIpc) is 2.26. The number of hydrogen-bond donors (Lipinski definition) is 0. The number of ether oxygens (including phenoxy) is 1. The maximum Gasteiger partial charge on any atom is 0.417 e. The Bertz CT molecular complexity index is 430. The number of carbonyl (C=O) groups excluding carboxylic acids is 1. The lowest BCUT2D eigenvalue weighted by molar-refractivity contribution is -0.138. The van der Waals surface area contributed by atoms with Crippen molar-refractivity contribution < 1.29 is 22.7 Å². The van der Waals surface area contributed by atoms with Gasteiger partial charge in [0.15, 0.2) is 5.78 Å². The van der Waals surface area contributed by atoms with Crippen LogP contribution in [-0.2, 0) is 6.18 Å². The van der Waals surface area contributed by atoms with Crippen molar-refractivity contribution in [2.45, 2.75) is 9.91 Å². The van der Waals surface area contributed by atoms with Gasteiger partial charge < -0.3 is 4.74 Å². The summed E-state index contributed by atoms with van der Waals surface area (Å²) in [6.07, 6.45) is -4.60. The predicted molar refractivity (Wildman–Crippen MR) is 64.0 cm³/mol. The van der Waals surface area contributed by atoms with Gasteiger partial charge in [-0.2, -0.15) is 13.2 Å². The Morgan fingerprint density at radius 3 is 2.35 bits per heavy atom. The number of ketones is 1. The first-order valence-corrected chi connectivity index (χ1v) is 6.18. The maximum atomic E-state index is 12.8.